The minimum atomic E-state index is -0.471. The minimum Gasteiger partial charge on any atom is -0.310 e. The van der Waals surface area contributed by atoms with Crippen molar-refractivity contribution in [3.05, 3.63) is 218 Å². The lowest BCUT2D eigenvalue weighted by Crippen LogP contribution is -2.11. The molecule has 254 valence electrons. The van der Waals surface area contributed by atoms with E-state index in [0.29, 0.717) is 22.5 Å². The number of rotatable bonds is 7. The molecule has 0 aliphatic heterocycles. The summed E-state index contributed by atoms with van der Waals surface area (Å²) in [6.45, 7) is 0. The van der Waals surface area contributed by atoms with E-state index in [1.165, 1.54) is 0 Å². The van der Waals surface area contributed by atoms with E-state index >= 15 is 0 Å². The average Bonchev–Trinajstić information content (AvgIpc) is 3.67. The van der Waals surface area contributed by atoms with Crippen LogP contribution in [0.4, 0.5) is 17.1 Å². The minimum absolute atomic E-state index is 0.0730. The largest absolute Gasteiger partial charge is 0.310 e. The Morgan fingerprint density at radius 1 is 0.407 bits per heavy atom. The number of benzene rings is 9. The van der Waals surface area contributed by atoms with Gasteiger partial charge in [0.2, 0.25) is 0 Å². The maximum Gasteiger partial charge on any atom is 0.0629 e. The molecule has 1 aromatic heterocycles. The van der Waals surface area contributed by atoms with Gasteiger partial charge in [-0.3, -0.25) is 0 Å². The zero-order valence-corrected chi connectivity index (χ0v) is 28.9. The van der Waals surface area contributed by atoms with Crippen LogP contribution in [0.5, 0.6) is 0 Å². The first-order valence-electron chi connectivity index (χ1n) is 22.7. The Labute approximate surface area is 329 Å². The summed E-state index contributed by atoms with van der Waals surface area (Å²) in [5.41, 5.74) is 8.01. The molecule has 0 aliphatic carbocycles. The molecule has 0 N–H and O–H groups in total. The lowest BCUT2D eigenvalue weighted by molar-refractivity contribution is 1.19. The molecule has 0 unspecified atom stereocenters. The Morgan fingerprint density at radius 2 is 1.06 bits per heavy atom. The van der Waals surface area contributed by atoms with Crippen LogP contribution in [0, 0.1) is 0 Å². The molecule has 2 nitrogen and oxygen atoms in total. The zero-order chi connectivity index (χ0) is 44.6. The van der Waals surface area contributed by atoms with Crippen LogP contribution in [0.15, 0.2) is 218 Å². The third-order valence-electron chi connectivity index (χ3n) is 9.93. The summed E-state index contributed by atoms with van der Waals surface area (Å²) in [6, 6.07) is 48.0. The van der Waals surface area contributed by atoms with E-state index < -0.39 is 36.3 Å². The van der Waals surface area contributed by atoms with Crippen LogP contribution < -0.4 is 4.90 Å². The zero-order valence-electron chi connectivity index (χ0n) is 38.9. The smallest absolute Gasteiger partial charge is 0.0629 e. The van der Waals surface area contributed by atoms with Gasteiger partial charge in [0.05, 0.1) is 30.4 Å². The Morgan fingerprint density at radius 3 is 1.87 bits per heavy atom. The summed E-state index contributed by atoms with van der Waals surface area (Å²) in [5.74, 6) is 0. The summed E-state index contributed by atoms with van der Waals surface area (Å²) in [6.07, 6.45) is 0. The maximum absolute atomic E-state index is 8.80. The van der Waals surface area contributed by atoms with Crippen molar-refractivity contribution >= 4 is 49.6 Å². The first-order valence-corrected chi connectivity index (χ1v) is 17.7. The molecule has 0 spiro atoms. The van der Waals surface area contributed by atoms with Gasteiger partial charge in [-0.15, -0.1) is 0 Å². The lowest BCUT2D eigenvalue weighted by Gasteiger charge is -2.28. The highest BCUT2D eigenvalue weighted by Gasteiger charge is 2.22. The van der Waals surface area contributed by atoms with E-state index in [4.69, 9.17) is 13.7 Å². The molecule has 0 aliphatic rings. The highest BCUT2D eigenvalue weighted by molar-refractivity contribution is 6.17. The van der Waals surface area contributed by atoms with E-state index in [1.54, 1.807) is 30.3 Å². The highest BCUT2D eigenvalue weighted by Crippen LogP contribution is 2.46. The Bertz CT molecular complexity index is 3470. The van der Waals surface area contributed by atoms with E-state index in [9.17, 15) is 0 Å². The topological polar surface area (TPSA) is 8.17 Å². The quantitative estimate of drug-likeness (QED) is 0.161. The highest BCUT2D eigenvalue weighted by atomic mass is 15.1. The van der Waals surface area contributed by atoms with E-state index in [2.05, 4.69) is 71.3 Å². The summed E-state index contributed by atoms with van der Waals surface area (Å²) < 4.78 is 86.9. The van der Waals surface area contributed by atoms with Gasteiger partial charge >= 0.3 is 0 Å². The van der Waals surface area contributed by atoms with Gasteiger partial charge < -0.3 is 9.47 Å². The molecule has 2 heteroatoms. The van der Waals surface area contributed by atoms with Crippen LogP contribution in [-0.4, -0.2) is 4.57 Å². The predicted molar refractivity (Wildman–Crippen MR) is 229 cm³/mol. The molecule has 1 heterocycles. The molecule has 0 fully saturated rings. The first-order chi connectivity index (χ1) is 30.9. The van der Waals surface area contributed by atoms with Crippen molar-refractivity contribution in [1.82, 2.24) is 4.57 Å². The lowest BCUT2D eigenvalue weighted by atomic mass is 9.96. The van der Waals surface area contributed by atoms with Gasteiger partial charge in [0, 0.05) is 33.4 Å². The average molecular weight is 699 g/mol. The van der Waals surface area contributed by atoms with Gasteiger partial charge in [0.25, 0.3) is 0 Å². The molecule has 0 atom stereocenters. The maximum atomic E-state index is 8.80. The molecule has 0 radical (unpaired) electrons. The molecule has 0 bridgehead atoms. The SMILES string of the molecule is [2H]c1c([2H])c([2H])c(-c2ccc(N(c3cccc(-c4c([2H])c([2H])c([2H])c([2H])c4[2H])c3)c3ccccc3-c3cccc4c3c3ccccc3n4-c3ccc4ccccc4c3)cc2)c([2H])c1[2H]. The van der Waals surface area contributed by atoms with Crippen molar-refractivity contribution in [3.8, 4) is 39.1 Å². The molecule has 0 saturated carbocycles. The number of anilines is 3. The van der Waals surface area contributed by atoms with Crippen LogP contribution in [0.25, 0.3) is 71.6 Å². The molecule has 9 aromatic carbocycles. The number of nitrogens with zero attached hydrogens (tertiary/aromatic N) is 2. The second-order valence-electron chi connectivity index (χ2n) is 13.0. The van der Waals surface area contributed by atoms with Gasteiger partial charge in [-0.1, -0.05) is 164 Å². The molecule has 0 saturated heterocycles. The molecule has 54 heavy (non-hydrogen) atoms. The normalized spacial score (nSPS) is 13.9. The standard InChI is InChI=1S/C52H36N2/c1-3-15-37(16-4-1)40-29-32-43(33-30-40)53(44-22-13-21-42(35-44)38-17-5-2-6-18-38)49-26-11-9-23-46(49)47-25-14-28-51-52(47)48-24-10-12-27-50(48)54(51)45-34-31-39-19-7-8-20-41(39)36-45/h1-36H/i1D,2D,3D,4D,5D,6D,15D,16D,17D,18D. The summed E-state index contributed by atoms with van der Waals surface area (Å²) in [7, 11) is 0. The fourth-order valence-electron chi connectivity index (χ4n) is 7.53. The number of hydrogen-bond donors (Lipinski definition) is 0. The second-order valence-corrected chi connectivity index (χ2v) is 13.0. The van der Waals surface area contributed by atoms with Crippen LogP contribution in [0.1, 0.15) is 13.7 Å². The Kier molecular flexibility index (Phi) is 5.65. The van der Waals surface area contributed by atoms with Crippen molar-refractivity contribution < 1.29 is 13.7 Å². The van der Waals surface area contributed by atoms with Crippen LogP contribution in [-0.2, 0) is 0 Å². The van der Waals surface area contributed by atoms with Crippen molar-refractivity contribution in [2.75, 3.05) is 4.90 Å². The van der Waals surface area contributed by atoms with Gasteiger partial charge in [-0.25, -0.2) is 0 Å². The van der Waals surface area contributed by atoms with Crippen molar-refractivity contribution in [3.63, 3.8) is 0 Å². The third kappa shape index (κ3) is 5.53. The van der Waals surface area contributed by atoms with E-state index in [-0.39, 0.29) is 35.3 Å². The molecule has 0 amide bonds. The number of hydrogen-bond acceptors (Lipinski definition) is 1. The predicted octanol–water partition coefficient (Wildman–Crippen LogP) is 14.4. The Balaban J connectivity index is 1.21. The van der Waals surface area contributed by atoms with Crippen molar-refractivity contribution in [2.45, 2.75) is 0 Å². The second kappa shape index (κ2) is 13.4. The molecule has 10 aromatic rings. The first kappa shape index (κ1) is 22.7. The fourth-order valence-corrected chi connectivity index (χ4v) is 7.53. The fraction of sp³-hybridized carbons (Fsp3) is 0. The molecular formula is C52H36N2. The number of fused-ring (bicyclic) bond motifs is 4. The van der Waals surface area contributed by atoms with Crippen molar-refractivity contribution in [2.24, 2.45) is 0 Å². The van der Waals surface area contributed by atoms with Crippen LogP contribution in [0.2, 0.25) is 0 Å². The summed E-state index contributed by atoms with van der Waals surface area (Å²) >= 11 is 0. The van der Waals surface area contributed by atoms with Crippen molar-refractivity contribution in [1.29, 1.82) is 0 Å². The van der Waals surface area contributed by atoms with Crippen LogP contribution in [0.3, 0.4) is 0 Å². The number of aromatic nitrogens is 1. The van der Waals surface area contributed by atoms with E-state index in [1.807, 2.05) is 65.6 Å². The van der Waals surface area contributed by atoms with Gasteiger partial charge in [0.15, 0.2) is 0 Å². The summed E-state index contributed by atoms with van der Waals surface area (Å²) in [4.78, 5) is 2.03. The van der Waals surface area contributed by atoms with Gasteiger partial charge in [-0.2, -0.15) is 0 Å². The van der Waals surface area contributed by atoms with Gasteiger partial charge in [-0.05, 0) is 93.2 Å². The monoisotopic (exact) mass is 698 g/mol. The van der Waals surface area contributed by atoms with E-state index in [0.717, 1.165) is 55.1 Å². The third-order valence-corrected chi connectivity index (χ3v) is 9.93. The summed E-state index contributed by atoms with van der Waals surface area (Å²) in [5, 5.41) is 4.39. The molecular weight excluding hydrogens is 653 g/mol. The Hall–Kier alpha value is -7.16. The molecule has 10 rings (SSSR count). The number of para-hydroxylation sites is 2. The van der Waals surface area contributed by atoms with Gasteiger partial charge in [0.1, 0.15) is 0 Å². The van der Waals surface area contributed by atoms with Crippen LogP contribution >= 0.6 is 0 Å².